The van der Waals surface area contributed by atoms with Crippen molar-refractivity contribution in [2.45, 2.75) is 25.3 Å². The minimum absolute atomic E-state index is 0.114. The first-order chi connectivity index (χ1) is 12.7. The highest BCUT2D eigenvalue weighted by Gasteiger charge is 2.42. The van der Waals surface area contributed by atoms with Gasteiger partial charge in [0, 0.05) is 25.0 Å². The molecule has 3 aromatic rings. The van der Waals surface area contributed by atoms with Gasteiger partial charge in [0.1, 0.15) is 4.88 Å². The maximum atomic E-state index is 12.8. The molecule has 5 rings (SSSR count). The maximum Gasteiger partial charge on any atom is 0.265 e. The highest BCUT2D eigenvalue weighted by molar-refractivity contribution is 7.11. The number of piperidine rings is 1. The van der Waals surface area contributed by atoms with Crippen LogP contribution in [0.25, 0.3) is 5.69 Å². The van der Waals surface area contributed by atoms with E-state index in [-0.39, 0.29) is 11.4 Å². The molecule has 0 atom stereocenters. The standard InChI is InChI=1S/C20H20N4OS/c1-14-18(26-13-21-14)19(25)23-11-8-20(9-12-23)17-7-4-10-24(17)16-6-3-2-5-15(16)22-20/h2-7,10,13,22H,8-9,11-12H2,1H3. The Labute approximate surface area is 156 Å². The SMILES string of the molecule is Cc1ncsc1C(=O)N1CCC2(CC1)Nc1ccccc1-n1cccc12. The highest BCUT2D eigenvalue weighted by Crippen LogP contribution is 2.43. The van der Waals surface area contributed by atoms with Crippen LogP contribution in [0.1, 0.15) is 33.9 Å². The maximum absolute atomic E-state index is 12.8. The molecule has 1 saturated heterocycles. The molecular formula is C20H20N4OS. The number of carbonyl (C=O) groups excluding carboxylic acids is 1. The number of carbonyl (C=O) groups is 1. The number of fused-ring (bicyclic) bond motifs is 4. The number of nitrogens with one attached hydrogen (secondary N) is 1. The van der Waals surface area contributed by atoms with Crippen molar-refractivity contribution in [1.82, 2.24) is 14.5 Å². The number of thiazole rings is 1. The summed E-state index contributed by atoms with van der Waals surface area (Å²) in [4.78, 5) is 19.8. The van der Waals surface area contributed by atoms with Gasteiger partial charge >= 0.3 is 0 Å². The van der Waals surface area contributed by atoms with Gasteiger partial charge in [0.05, 0.1) is 28.1 Å². The Balaban J connectivity index is 1.43. The van der Waals surface area contributed by atoms with Crippen LogP contribution in [0.5, 0.6) is 0 Å². The smallest absolute Gasteiger partial charge is 0.265 e. The van der Waals surface area contributed by atoms with Crippen LogP contribution in [0, 0.1) is 6.92 Å². The van der Waals surface area contributed by atoms with Crippen LogP contribution in [-0.4, -0.2) is 33.4 Å². The molecule has 132 valence electrons. The van der Waals surface area contributed by atoms with Gasteiger partial charge in [-0.3, -0.25) is 4.79 Å². The van der Waals surface area contributed by atoms with Crippen LogP contribution in [0.4, 0.5) is 5.69 Å². The van der Waals surface area contributed by atoms with E-state index in [1.807, 2.05) is 11.8 Å². The van der Waals surface area contributed by atoms with Gasteiger partial charge in [-0.15, -0.1) is 11.3 Å². The minimum atomic E-state index is -0.114. The monoisotopic (exact) mass is 364 g/mol. The molecule has 1 N–H and O–H groups in total. The van der Waals surface area contributed by atoms with E-state index in [4.69, 9.17) is 0 Å². The Morgan fingerprint density at radius 2 is 2.00 bits per heavy atom. The van der Waals surface area contributed by atoms with Crippen molar-refractivity contribution >= 4 is 22.9 Å². The summed E-state index contributed by atoms with van der Waals surface area (Å²) in [7, 11) is 0. The fraction of sp³-hybridized carbons (Fsp3) is 0.300. The fourth-order valence-electron chi connectivity index (χ4n) is 4.22. The summed E-state index contributed by atoms with van der Waals surface area (Å²) in [6.07, 6.45) is 3.93. The number of aryl methyl sites for hydroxylation is 1. The van der Waals surface area contributed by atoms with Crippen LogP contribution in [0.2, 0.25) is 0 Å². The zero-order chi connectivity index (χ0) is 17.7. The molecule has 26 heavy (non-hydrogen) atoms. The zero-order valence-electron chi connectivity index (χ0n) is 14.6. The first-order valence-corrected chi connectivity index (χ1v) is 9.81. The molecule has 4 heterocycles. The lowest BCUT2D eigenvalue weighted by Crippen LogP contribution is -2.51. The van der Waals surface area contributed by atoms with Crippen LogP contribution >= 0.6 is 11.3 Å². The molecule has 0 bridgehead atoms. The first kappa shape index (κ1) is 15.6. The molecule has 6 heteroatoms. The summed E-state index contributed by atoms with van der Waals surface area (Å²) >= 11 is 1.44. The topological polar surface area (TPSA) is 50.2 Å². The minimum Gasteiger partial charge on any atom is -0.372 e. The summed E-state index contributed by atoms with van der Waals surface area (Å²) in [5, 5.41) is 3.79. The molecule has 1 amide bonds. The van der Waals surface area contributed by atoms with E-state index < -0.39 is 0 Å². The van der Waals surface area contributed by atoms with Gasteiger partial charge in [-0.1, -0.05) is 12.1 Å². The number of rotatable bonds is 1. The third-order valence-corrected chi connectivity index (χ3v) is 6.54. The molecule has 1 aromatic carbocycles. The van der Waals surface area contributed by atoms with Gasteiger partial charge in [-0.2, -0.15) is 0 Å². The lowest BCUT2D eigenvalue weighted by molar-refractivity contribution is 0.0680. The fourth-order valence-corrected chi connectivity index (χ4v) is 4.99. The van der Waals surface area contributed by atoms with Gasteiger partial charge in [0.25, 0.3) is 5.91 Å². The molecule has 2 aliphatic heterocycles. The van der Waals surface area contributed by atoms with Gasteiger partial charge < -0.3 is 14.8 Å². The number of anilines is 1. The second kappa shape index (κ2) is 5.71. The third-order valence-electron chi connectivity index (χ3n) is 5.62. The Bertz CT molecular complexity index is 981. The number of nitrogens with zero attached hydrogens (tertiary/aromatic N) is 3. The molecule has 1 spiro atoms. The van der Waals surface area contributed by atoms with E-state index >= 15 is 0 Å². The average molecular weight is 364 g/mol. The summed E-state index contributed by atoms with van der Waals surface area (Å²) in [5.41, 5.74) is 6.11. The van der Waals surface area contributed by atoms with Crippen molar-refractivity contribution in [2.24, 2.45) is 0 Å². The Kier molecular flexibility index (Phi) is 3.43. The van der Waals surface area contributed by atoms with Crippen molar-refractivity contribution in [3.63, 3.8) is 0 Å². The van der Waals surface area contributed by atoms with E-state index in [0.717, 1.165) is 42.2 Å². The Morgan fingerprint density at radius 1 is 1.19 bits per heavy atom. The zero-order valence-corrected chi connectivity index (χ0v) is 15.4. The number of hydrogen-bond donors (Lipinski definition) is 1. The molecule has 0 aliphatic carbocycles. The molecule has 2 aliphatic rings. The highest BCUT2D eigenvalue weighted by atomic mass is 32.1. The van der Waals surface area contributed by atoms with Crippen molar-refractivity contribution in [3.05, 3.63) is 64.4 Å². The number of para-hydroxylation sites is 2. The third kappa shape index (κ3) is 2.22. The molecule has 5 nitrogen and oxygen atoms in total. The Morgan fingerprint density at radius 3 is 2.77 bits per heavy atom. The second-order valence-corrected chi connectivity index (χ2v) is 7.90. The number of amides is 1. The largest absolute Gasteiger partial charge is 0.372 e. The van der Waals surface area contributed by atoms with E-state index in [0.29, 0.717) is 0 Å². The molecule has 2 aromatic heterocycles. The average Bonchev–Trinajstić information content (AvgIpc) is 3.32. The quantitative estimate of drug-likeness (QED) is 0.715. The van der Waals surface area contributed by atoms with Crippen molar-refractivity contribution in [2.75, 3.05) is 18.4 Å². The van der Waals surface area contributed by atoms with Crippen molar-refractivity contribution in [1.29, 1.82) is 0 Å². The second-order valence-electron chi connectivity index (χ2n) is 7.05. The van der Waals surface area contributed by atoms with Crippen LogP contribution in [0.15, 0.2) is 48.1 Å². The van der Waals surface area contributed by atoms with Crippen LogP contribution in [0.3, 0.4) is 0 Å². The van der Waals surface area contributed by atoms with E-state index in [1.54, 1.807) is 5.51 Å². The molecule has 0 saturated carbocycles. The predicted molar refractivity (Wildman–Crippen MR) is 103 cm³/mol. The molecular weight excluding hydrogens is 344 g/mol. The van der Waals surface area contributed by atoms with Crippen molar-refractivity contribution < 1.29 is 4.79 Å². The predicted octanol–water partition coefficient (Wildman–Crippen LogP) is 3.80. The van der Waals surface area contributed by atoms with Gasteiger partial charge in [0.15, 0.2) is 0 Å². The number of hydrogen-bond acceptors (Lipinski definition) is 4. The summed E-state index contributed by atoms with van der Waals surface area (Å²) in [6, 6.07) is 12.7. The van der Waals surface area contributed by atoms with Crippen LogP contribution in [-0.2, 0) is 5.54 Å². The van der Waals surface area contributed by atoms with Gasteiger partial charge in [-0.25, -0.2) is 4.98 Å². The summed E-state index contributed by atoms with van der Waals surface area (Å²) in [6.45, 7) is 3.40. The molecule has 0 unspecified atom stereocenters. The van der Waals surface area contributed by atoms with E-state index in [1.165, 1.54) is 22.7 Å². The molecule has 0 radical (unpaired) electrons. The number of benzene rings is 1. The van der Waals surface area contributed by atoms with Crippen LogP contribution < -0.4 is 5.32 Å². The van der Waals surface area contributed by atoms with E-state index in [9.17, 15) is 4.79 Å². The normalized spacial score (nSPS) is 17.5. The number of aromatic nitrogens is 2. The lowest BCUT2D eigenvalue weighted by Gasteiger charge is -2.46. The van der Waals surface area contributed by atoms with E-state index in [2.05, 4.69) is 57.5 Å². The van der Waals surface area contributed by atoms with Gasteiger partial charge in [0.2, 0.25) is 0 Å². The summed E-state index contributed by atoms with van der Waals surface area (Å²) < 4.78 is 2.29. The summed E-state index contributed by atoms with van der Waals surface area (Å²) in [5.74, 6) is 0.117. The lowest BCUT2D eigenvalue weighted by atomic mass is 9.82. The first-order valence-electron chi connectivity index (χ1n) is 8.93. The number of likely N-dealkylation sites (tertiary alicyclic amines) is 1. The molecule has 1 fully saturated rings. The van der Waals surface area contributed by atoms with Crippen molar-refractivity contribution in [3.8, 4) is 5.69 Å². The Hall–Kier alpha value is -2.60. The van der Waals surface area contributed by atoms with Gasteiger partial charge in [-0.05, 0) is 44.0 Å².